The molecule has 118 valence electrons. The fraction of sp³-hybridized carbons (Fsp3) is 0.692. The monoisotopic (exact) mass is 368 g/mol. The second-order valence-corrected chi connectivity index (χ2v) is 8.37. The molecule has 0 bridgehead atoms. The second kappa shape index (κ2) is 8.56. The molecular formula is C13H18Cl2N2O2S2. The van der Waals surface area contributed by atoms with Crippen LogP contribution in [0.1, 0.15) is 32.1 Å². The summed E-state index contributed by atoms with van der Waals surface area (Å²) in [7, 11) is 0. The van der Waals surface area contributed by atoms with E-state index >= 15 is 0 Å². The predicted octanol–water partition coefficient (Wildman–Crippen LogP) is 4.83. The summed E-state index contributed by atoms with van der Waals surface area (Å²) in [5.41, 5.74) is 0.491. The third kappa shape index (κ3) is 4.71. The van der Waals surface area contributed by atoms with Gasteiger partial charge in [-0.25, -0.2) is 0 Å². The molecule has 4 nitrogen and oxygen atoms in total. The van der Waals surface area contributed by atoms with Crippen LogP contribution in [-0.2, 0) is 0 Å². The maximum Gasteiger partial charge on any atom is 0.314 e. The molecule has 0 aromatic carbocycles. The summed E-state index contributed by atoms with van der Waals surface area (Å²) in [6, 6.07) is 0. The minimum Gasteiger partial charge on any atom is -0.364 e. The first-order valence-electron chi connectivity index (χ1n) is 7.06. The van der Waals surface area contributed by atoms with Crippen LogP contribution >= 0.6 is 46.7 Å². The van der Waals surface area contributed by atoms with Gasteiger partial charge in [-0.3, -0.25) is 10.1 Å². The zero-order valence-corrected chi connectivity index (χ0v) is 14.8. The maximum absolute atomic E-state index is 11.6. The molecule has 0 N–H and O–H groups in total. The van der Waals surface area contributed by atoms with Gasteiger partial charge in [0.05, 0.1) is 4.92 Å². The zero-order chi connectivity index (χ0) is 15.2. The number of rotatable bonds is 3. The summed E-state index contributed by atoms with van der Waals surface area (Å²) in [6.07, 6.45) is 5.57. The number of hydrogen-bond acceptors (Lipinski definition) is 5. The molecule has 8 heteroatoms. The fourth-order valence-electron chi connectivity index (χ4n) is 2.53. The van der Waals surface area contributed by atoms with Crippen LogP contribution < -0.4 is 0 Å². The molecule has 0 spiro atoms. The van der Waals surface area contributed by atoms with Crippen molar-refractivity contribution in [1.29, 1.82) is 0 Å². The normalized spacial score (nSPS) is 19.9. The van der Waals surface area contributed by atoms with Crippen molar-refractivity contribution in [2.45, 2.75) is 32.1 Å². The van der Waals surface area contributed by atoms with E-state index in [1.807, 2.05) is 4.90 Å². The van der Waals surface area contributed by atoms with Crippen LogP contribution in [0.2, 0.25) is 0 Å². The summed E-state index contributed by atoms with van der Waals surface area (Å²) in [6.45, 7) is 1.55. The number of halogens is 2. The van der Waals surface area contributed by atoms with Crippen molar-refractivity contribution >= 4 is 46.7 Å². The number of nitro groups is 1. The Morgan fingerprint density at radius 3 is 2.05 bits per heavy atom. The Balaban J connectivity index is 2.34. The molecule has 2 aliphatic rings. The lowest BCUT2D eigenvalue weighted by Gasteiger charge is -2.28. The van der Waals surface area contributed by atoms with Gasteiger partial charge in [0.15, 0.2) is 0 Å². The van der Waals surface area contributed by atoms with Gasteiger partial charge in [0, 0.05) is 24.6 Å². The lowest BCUT2D eigenvalue weighted by Crippen LogP contribution is -2.30. The first-order valence-corrected chi connectivity index (χ1v) is 9.79. The highest BCUT2D eigenvalue weighted by Crippen LogP contribution is 2.42. The van der Waals surface area contributed by atoms with Gasteiger partial charge in [-0.2, -0.15) is 0 Å². The maximum atomic E-state index is 11.6. The molecule has 2 aliphatic heterocycles. The molecule has 0 aliphatic carbocycles. The molecule has 0 saturated carbocycles. The Morgan fingerprint density at radius 2 is 1.57 bits per heavy atom. The molecule has 2 fully saturated rings. The van der Waals surface area contributed by atoms with Gasteiger partial charge >= 0.3 is 5.70 Å². The van der Waals surface area contributed by atoms with E-state index in [4.69, 9.17) is 23.2 Å². The van der Waals surface area contributed by atoms with E-state index in [0.29, 0.717) is 5.70 Å². The van der Waals surface area contributed by atoms with Crippen LogP contribution in [0.3, 0.4) is 0 Å². The van der Waals surface area contributed by atoms with Crippen LogP contribution in [0.15, 0.2) is 20.1 Å². The topological polar surface area (TPSA) is 46.4 Å². The molecule has 0 aromatic heterocycles. The summed E-state index contributed by atoms with van der Waals surface area (Å²) in [4.78, 5) is 13.2. The molecule has 2 rings (SSSR count). The Labute approximate surface area is 143 Å². The Hall–Kier alpha value is -0.0400. The van der Waals surface area contributed by atoms with E-state index < -0.39 is 0 Å². The van der Waals surface area contributed by atoms with E-state index in [0.717, 1.165) is 54.5 Å². The van der Waals surface area contributed by atoms with E-state index in [-0.39, 0.29) is 15.1 Å². The SMILES string of the molecule is O=[N+]([O-])C(=C1SCCS1)C(=C(Cl)Cl)N1CCCCCCC1. The van der Waals surface area contributed by atoms with Crippen molar-refractivity contribution in [3.8, 4) is 0 Å². The molecule has 0 radical (unpaired) electrons. The average Bonchev–Trinajstić information content (AvgIpc) is 2.89. The van der Waals surface area contributed by atoms with Crippen LogP contribution in [-0.4, -0.2) is 34.4 Å². The van der Waals surface area contributed by atoms with Gasteiger partial charge in [0.1, 0.15) is 14.4 Å². The van der Waals surface area contributed by atoms with E-state index in [1.54, 1.807) is 0 Å². The van der Waals surface area contributed by atoms with Crippen molar-refractivity contribution in [2.24, 2.45) is 0 Å². The molecular weight excluding hydrogens is 351 g/mol. The Morgan fingerprint density at radius 1 is 1.05 bits per heavy atom. The summed E-state index contributed by atoms with van der Waals surface area (Å²) < 4.78 is 0.735. The quantitative estimate of drug-likeness (QED) is 0.527. The van der Waals surface area contributed by atoms with E-state index in [9.17, 15) is 10.1 Å². The molecule has 2 saturated heterocycles. The highest BCUT2D eigenvalue weighted by Gasteiger charge is 2.32. The lowest BCUT2D eigenvalue weighted by atomic mass is 10.1. The van der Waals surface area contributed by atoms with E-state index in [2.05, 4.69) is 0 Å². The smallest absolute Gasteiger partial charge is 0.314 e. The number of nitrogens with zero attached hydrogens (tertiary/aromatic N) is 2. The highest BCUT2D eigenvalue weighted by atomic mass is 35.5. The summed E-state index contributed by atoms with van der Waals surface area (Å²) in [5.74, 6) is 1.79. The number of likely N-dealkylation sites (tertiary alicyclic amines) is 1. The minimum atomic E-state index is -0.334. The van der Waals surface area contributed by atoms with E-state index in [1.165, 1.54) is 29.9 Å². The third-order valence-electron chi connectivity index (χ3n) is 3.50. The summed E-state index contributed by atoms with van der Waals surface area (Å²) in [5, 5.41) is 11.6. The van der Waals surface area contributed by atoms with Crippen LogP contribution in [0.25, 0.3) is 0 Å². The summed E-state index contributed by atoms with van der Waals surface area (Å²) >= 11 is 15.1. The molecule has 0 atom stereocenters. The lowest BCUT2D eigenvalue weighted by molar-refractivity contribution is -0.422. The molecule has 0 unspecified atom stereocenters. The molecule has 0 aromatic rings. The minimum absolute atomic E-state index is 0.00266. The number of hydrogen-bond donors (Lipinski definition) is 0. The molecule has 2 heterocycles. The van der Waals surface area contributed by atoms with Gasteiger partial charge < -0.3 is 4.90 Å². The van der Waals surface area contributed by atoms with Gasteiger partial charge in [-0.1, -0.05) is 42.5 Å². The molecule has 0 amide bonds. The Bertz CT molecular complexity index is 449. The van der Waals surface area contributed by atoms with Gasteiger partial charge in [0.2, 0.25) is 0 Å². The predicted molar refractivity (Wildman–Crippen MR) is 92.3 cm³/mol. The van der Waals surface area contributed by atoms with Crippen LogP contribution in [0.5, 0.6) is 0 Å². The standard InChI is InChI=1S/C13H18Cl2N2O2S2/c14-12(15)10(16-6-4-2-1-3-5-7-16)11(17(18)19)13-20-8-9-21-13/h1-9H2. The first kappa shape index (κ1) is 17.3. The van der Waals surface area contributed by atoms with Crippen molar-refractivity contribution in [2.75, 3.05) is 24.6 Å². The zero-order valence-electron chi connectivity index (χ0n) is 11.6. The number of thioether (sulfide) groups is 2. The van der Waals surface area contributed by atoms with Crippen molar-refractivity contribution in [3.05, 3.63) is 30.2 Å². The fourth-order valence-corrected chi connectivity index (χ4v) is 5.44. The van der Waals surface area contributed by atoms with Gasteiger partial charge in [0.25, 0.3) is 0 Å². The molecule has 21 heavy (non-hydrogen) atoms. The average molecular weight is 369 g/mol. The van der Waals surface area contributed by atoms with Gasteiger partial charge in [-0.05, 0) is 12.8 Å². The largest absolute Gasteiger partial charge is 0.364 e. The van der Waals surface area contributed by atoms with Crippen LogP contribution in [0, 0.1) is 10.1 Å². The van der Waals surface area contributed by atoms with Gasteiger partial charge in [-0.15, -0.1) is 23.5 Å². The van der Waals surface area contributed by atoms with Crippen molar-refractivity contribution in [1.82, 2.24) is 4.90 Å². The highest BCUT2D eigenvalue weighted by molar-refractivity contribution is 8.25. The second-order valence-electron chi connectivity index (χ2n) is 4.95. The Kier molecular flexibility index (Phi) is 7.05. The van der Waals surface area contributed by atoms with Crippen molar-refractivity contribution in [3.63, 3.8) is 0 Å². The third-order valence-corrected chi connectivity index (χ3v) is 6.55. The first-order chi connectivity index (χ1) is 10.1. The van der Waals surface area contributed by atoms with Crippen molar-refractivity contribution < 1.29 is 4.92 Å². The van der Waals surface area contributed by atoms with Crippen LogP contribution in [0.4, 0.5) is 0 Å².